The molecule has 0 N–H and O–H groups in total. The highest BCUT2D eigenvalue weighted by molar-refractivity contribution is 6.03. The van der Waals surface area contributed by atoms with Crippen LogP contribution in [0.4, 0.5) is 0 Å². The van der Waals surface area contributed by atoms with Crippen LogP contribution in [0.5, 0.6) is 0 Å². The molecule has 0 unspecified atom stereocenters. The molecule has 3 aromatic heterocycles. The summed E-state index contributed by atoms with van der Waals surface area (Å²) in [5.74, 6) is 0.892. The van der Waals surface area contributed by atoms with Gasteiger partial charge in [-0.05, 0) is 50.5 Å². The van der Waals surface area contributed by atoms with Gasteiger partial charge >= 0.3 is 0 Å². The van der Waals surface area contributed by atoms with Crippen molar-refractivity contribution in [2.45, 2.75) is 27.7 Å². The molecule has 0 amide bonds. The Hall–Kier alpha value is -3.14. The first kappa shape index (κ1) is 15.1. The molecule has 5 aromatic rings. The van der Waals surface area contributed by atoms with Gasteiger partial charge < -0.3 is 0 Å². The zero-order valence-electron chi connectivity index (χ0n) is 15.4. The van der Waals surface area contributed by atoms with Crippen LogP contribution in [0.25, 0.3) is 33.5 Å². The summed E-state index contributed by atoms with van der Waals surface area (Å²) in [4.78, 5) is 9.36. The molecule has 0 radical (unpaired) electrons. The van der Waals surface area contributed by atoms with Gasteiger partial charge in [0.1, 0.15) is 5.65 Å². The molecule has 4 nitrogen and oxygen atoms in total. The summed E-state index contributed by atoms with van der Waals surface area (Å²) in [6, 6.07) is 11.0. The SMILES string of the molecule is Cc1cc(C)c(-c2cccc3c4nc(C)cn4c4nccn4c23)c(C)c1. The minimum absolute atomic E-state index is 0.892. The van der Waals surface area contributed by atoms with Crippen molar-refractivity contribution in [2.24, 2.45) is 0 Å². The maximum Gasteiger partial charge on any atom is 0.220 e. The van der Waals surface area contributed by atoms with Crippen LogP contribution in [0.3, 0.4) is 0 Å². The lowest BCUT2D eigenvalue weighted by Crippen LogP contribution is -2.00. The third-order valence-electron chi connectivity index (χ3n) is 5.13. The van der Waals surface area contributed by atoms with Crippen LogP contribution in [-0.2, 0) is 0 Å². The van der Waals surface area contributed by atoms with Crippen molar-refractivity contribution < 1.29 is 0 Å². The largest absolute Gasteiger partial charge is 0.284 e. The molecule has 0 aliphatic rings. The molecular weight excluding hydrogens is 320 g/mol. The van der Waals surface area contributed by atoms with E-state index in [1.165, 1.54) is 27.8 Å². The number of rotatable bonds is 1. The number of hydrogen-bond acceptors (Lipinski definition) is 2. The van der Waals surface area contributed by atoms with E-state index in [0.717, 1.165) is 28.0 Å². The van der Waals surface area contributed by atoms with E-state index in [9.17, 15) is 0 Å². The molecule has 0 aliphatic heterocycles. The zero-order valence-corrected chi connectivity index (χ0v) is 15.4. The van der Waals surface area contributed by atoms with Crippen molar-refractivity contribution in [2.75, 3.05) is 0 Å². The van der Waals surface area contributed by atoms with Gasteiger partial charge in [0.25, 0.3) is 0 Å². The number of aromatic nitrogens is 4. The Morgan fingerprint density at radius 2 is 1.69 bits per heavy atom. The first-order valence-electron chi connectivity index (χ1n) is 8.86. The molecule has 0 bridgehead atoms. The molecule has 0 saturated heterocycles. The lowest BCUT2D eigenvalue weighted by molar-refractivity contribution is 1.10. The molecule has 5 rings (SSSR count). The predicted octanol–water partition coefficient (Wildman–Crippen LogP) is 5.04. The van der Waals surface area contributed by atoms with Gasteiger partial charge in [-0.25, -0.2) is 9.97 Å². The van der Waals surface area contributed by atoms with Gasteiger partial charge in [-0.2, -0.15) is 0 Å². The van der Waals surface area contributed by atoms with Gasteiger partial charge in [0.05, 0.1) is 11.2 Å². The number of benzene rings is 2. The van der Waals surface area contributed by atoms with E-state index in [4.69, 9.17) is 4.98 Å². The highest BCUT2D eigenvalue weighted by atomic mass is 15.2. The Balaban J connectivity index is 2.04. The van der Waals surface area contributed by atoms with Crippen LogP contribution < -0.4 is 0 Å². The van der Waals surface area contributed by atoms with Crippen molar-refractivity contribution in [1.82, 2.24) is 18.8 Å². The Morgan fingerprint density at radius 1 is 0.923 bits per heavy atom. The zero-order chi connectivity index (χ0) is 18.0. The Kier molecular flexibility index (Phi) is 3.02. The molecule has 0 aliphatic carbocycles. The molecule has 0 saturated carbocycles. The highest BCUT2D eigenvalue weighted by Gasteiger charge is 2.17. The summed E-state index contributed by atoms with van der Waals surface area (Å²) >= 11 is 0. The second-order valence-electron chi connectivity index (χ2n) is 7.15. The monoisotopic (exact) mass is 340 g/mol. The predicted molar refractivity (Wildman–Crippen MR) is 106 cm³/mol. The molecule has 3 heterocycles. The van der Waals surface area contributed by atoms with Crippen molar-refractivity contribution in [3.05, 3.63) is 71.3 Å². The van der Waals surface area contributed by atoms with Gasteiger partial charge in [0, 0.05) is 29.5 Å². The summed E-state index contributed by atoms with van der Waals surface area (Å²) in [6.45, 7) is 8.56. The van der Waals surface area contributed by atoms with Gasteiger partial charge in [-0.1, -0.05) is 29.8 Å². The minimum Gasteiger partial charge on any atom is -0.284 e. The molecule has 128 valence electrons. The van der Waals surface area contributed by atoms with E-state index in [1.807, 2.05) is 25.5 Å². The lowest BCUT2D eigenvalue weighted by atomic mass is 9.92. The van der Waals surface area contributed by atoms with E-state index >= 15 is 0 Å². The Labute approximate surface area is 151 Å². The van der Waals surface area contributed by atoms with Crippen LogP contribution in [0.1, 0.15) is 22.4 Å². The van der Waals surface area contributed by atoms with Gasteiger partial charge in [-0.3, -0.25) is 8.80 Å². The summed E-state index contributed by atoms with van der Waals surface area (Å²) < 4.78 is 4.26. The number of hydrogen-bond donors (Lipinski definition) is 0. The summed E-state index contributed by atoms with van der Waals surface area (Å²) in [6.07, 6.45) is 5.94. The first-order chi connectivity index (χ1) is 12.5. The summed E-state index contributed by atoms with van der Waals surface area (Å²) in [7, 11) is 0. The Bertz CT molecular complexity index is 1300. The maximum absolute atomic E-state index is 4.77. The number of para-hydroxylation sites is 1. The fraction of sp³-hybridized carbons (Fsp3) is 0.182. The normalized spacial score (nSPS) is 11.8. The number of nitrogens with zero attached hydrogens (tertiary/aromatic N) is 4. The van der Waals surface area contributed by atoms with E-state index in [1.54, 1.807) is 0 Å². The van der Waals surface area contributed by atoms with Gasteiger partial charge in [-0.15, -0.1) is 0 Å². The smallest absolute Gasteiger partial charge is 0.220 e. The van der Waals surface area contributed by atoms with E-state index < -0.39 is 0 Å². The first-order valence-corrected chi connectivity index (χ1v) is 8.86. The van der Waals surface area contributed by atoms with Gasteiger partial charge in [0.2, 0.25) is 5.78 Å². The van der Waals surface area contributed by atoms with Crippen LogP contribution >= 0.6 is 0 Å². The molecule has 4 heteroatoms. The van der Waals surface area contributed by atoms with Crippen molar-refractivity contribution >= 4 is 22.3 Å². The topological polar surface area (TPSA) is 34.6 Å². The van der Waals surface area contributed by atoms with Crippen molar-refractivity contribution in [1.29, 1.82) is 0 Å². The van der Waals surface area contributed by atoms with E-state index in [-0.39, 0.29) is 0 Å². The molecule has 26 heavy (non-hydrogen) atoms. The minimum atomic E-state index is 0.892. The third-order valence-corrected chi connectivity index (χ3v) is 5.13. The molecule has 0 fully saturated rings. The Morgan fingerprint density at radius 3 is 2.46 bits per heavy atom. The molecule has 0 spiro atoms. The molecular formula is C22H20N4. The number of aryl methyl sites for hydroxylation is 4. The van der Waals surface area contributed by atoms with Crippen LogP contribution in [-0.4, -0.2) is 18.8 Å². The van der Waals surface area contributed by atoms with Crippen molar-refractivity contribution in [3.63, 3.8) is 0 Å². The fourth-order valence-electron chi connectivity index (χ4n) is 4.28. The maximum atomic E-state index is 4.77. The fourth-order valence-corrected chi connectivity index (χ4v) is 4.28. The second-order valence-corrected chi connectivity index (χ2v) is 7.15. The highest BCUT2D eigenvalue weighted by Crippen LogP contribution is 2.35. The van der Waals surface area contributed by atoms with Gasteiger partial charge in [0.15, 0.2) is 0 Å². The standard InChI is InChI=1S/C22H20N4/c1-13-10-14(2)19(15(3)11-13)17-6-5-7-18-20(17)25-9-8-23-22(25)26-12-16(4)24-21(18)26/h5-12H,1-4H3. The van der Waals surface area contributed by atoms with E-state index in [0.29, 0.717) is 0 Å². The van der Waals surface area contributed by atoms with E-state index in [2.05, 4.69) is 64.9 Å². The third kappa shape index (κ3) is 1.96. The summed E-state index contributed by atoms with van der Waals surface area (Å²) in [5, 5.41) is 1.14. The van der Waals surface area contributed by atoms with Crippen LogP contribution in [0.2, 0.25) is 0 Å². The average Bonchev–Trinajstić information content (AvgIpc) is 3.20. The average molecular weight is 340 g/mol. The lowest BCUT2D eigenvalue weighted by Gasteiger charge is -2.16. The summed E-state index contributed by atoms with van der Waals surface area (Å²) in [5.41, 5.74) is 9.52. The number of fused-ring (bicyclic) bond motifs is 6. The van der Waals surface area contributed by atoms with Crippen LogP contribution in [0.15, 0.2) is 48.9 Å². The van der Waals surface area contributed by atoms with Crippen molar-refractivity contribution in [3.8, 4) is 11.1 Å². The van der Waals surface area contributed by atoms with Crippen LogP contribution in [0, 0.1) is 27.7 Å². The molecule has 0 atom stereocenters. The second kappa shape index (κ2) is 5.18. The number of imidazole rings is 2. The molecule has 2 aromatic carbocycles. The quantitative estimate of drug-likeness (QED) is 0.429.